The lowest BCUT2D eigenvalue weighted by atomic mass is 9.74. The molecule has 5 nitrogen and oxygen atoms in total. The summed E-state index contributed by atoms with van der Waals surface area (Å²) in [6.45, 7) is 6.67. The number of aliphatic carboxylic acids is 1. The third kappa shape index (κ3) is 5.40. The smallest absolute Gasteiger partial charge is 0.303 e. The van der Waals surface area contributed by atoms with Gasteiger partial charge in [-0.2, -0.15) is 0 Å². The van der Waals surface area contributed by atoms with Crippen LogP contribution in [0, 0.1) is 0 Å². The number of nitrogens with zero attached hydrogens (tertiary/aromatic N) is 1. The van der Waals surface area contributed by atoms with Gasteiger partial charge in [0.1, 0.15) is 11.5 Å². The molecule has 3 rings (SSSR count). The van der Waals surface area contributed by atoms with E-state index in [9.17, 15) is 4.79 Å². The van der Waals surface area contributed by atoms with Gasteiger partial charge in [0.15, 0.2) is 0 Å². The van der Waals surface area contributed by atoms with Crippen LogP contribution in [0.1, 0.15) is 70.3 Å². The molecule has 1 aromatic rings. The normalized spacial score (nSPS) is 18.0. The highest BCUT2D eigenvalue weighted by atomic mass is 16.5. The van der Waals surface area contributed by atoms with Gasteiger partial charge in [0, 0.05) is 23.5 Å². The number of hydrogen-bond acceptors (Lipinski definition) is 4. The van der Waals surface area contributed by atoms with Crippen molar-refractivity contribution in [3.8, 4) is 11.5 Å². The molecule has 0 bridgehead atoms. The minimum absolute atomic E-state index is 0.122. The Morgan fingerprint density at radius 3 is 2.71 bits per heavy atom. The second-order valence-electron chi connectivity index (χ2n) is 8.33. The predicted molar refractivity (Wildman–Crippen MR) is 110 cm³/mol. The van der Waals surface area contributed by atoms with Crippen molar-refractivity contribution < 1.29 is 19.4 Å². The molecule has 1 fully saturated rings. The zero-order chi connectivity index (χ0) is 19.8. The molecule has 1 saturated heterocycles. The van der Waals surface area contributed by atoms with E-state index in [1.54, 1.807) is 0 Å². The predicted octanol–water partition coefficient (Wildman–Crippen LogP) is 4.63. The van der Waals surface area contributed by atoms with Gasteiger partial charge in [0.2, 0.25) is 0 Å². The molecule has 0 atom stereocenters. The molecular weight excluding hydrogens is 354 g/mol. The van der Waals surface area contributed by atoms with Gasteiger partial charge in [-0.25, -0.2) is 0 Å². The Morgan fingerprint density at radius 2 is 1.96 bits per heavy atom. The maximum Gasteiger partial charge on any atom is 0.303 e. The Hall–Kier alpha value is -1.75. The summed E-state index contributed by atoms with van der Waals surface area (Å²) >= 11 is 0. The molecule has 0 aliphatic carbocycles. The summed E-state index contributed by atoms with van der Waals surface area (Å²) in [6.07, 6.45) is 9.36. The number of likely N-dealkylation sites (tertiary alicyclic amines) is 1. The lowest BCUT2D eigenvalue weighted by Gasteiger charge is -2.38. The first-order valence-corrected chi connectivity index (χ1v) is 11.0. The van der Waals surface area contributed by atoms with Crippen molar-refractivity contribution in [1.82, 2.24) is 4.90 Å². The largest absolute Gasteiger partial charge is 0.493 e. The van der Waals surface area contributed by atoms with E-state index in [2.05, 4.69) is 30.0 Å². The Morgan fingerprint density at radius 1 is 1.18 bits per heavy atom. The molecule has 0 unspecified atom stereocenters. The fraction of sp³-hybridized carbons (Fsp3) is 0.696. The lowest BCUT2D eigenvalue weighted by molar-refractivity contribution is -0.137. The summed E-state index contributed by atoms with van der Waals surface area (Å²) in [5, 5.41) is 8.80. The van der Waals surface area contributed by atoms with Crippen LogP contribution in [0.3, 0.4) is 0 Å². The number of benzene rings is 1. The van der Waals surface area contributed by atoms with Gasteiger partial charge in [0.05, 0.1) is 13.2 Å². The van der Waals surface area contributed by atoms with E-state index in [1.807, 2.05) is 0 Å². The van der Waals surface area contributed by atoms with Gasteiger partial charge < -0.3 is 19.5 Å². The van der Waals surface area contributed by atoms with E-state index in [0.29, 0.717) is 0 Å². The first-order valence-electron chi connectivity index (χ1n) is 11.0. The maximum absolute atomic E-state index is 10.7. The molecule has 0 radical (unpaired) electrons. The average molecular weight is 390 g/mol. The Kier molecular flexibility index (Phi) is 7.60. The van der Waals surface area contributed by atoms with Crippen molar-refractivity contribution in [3.05, 3.63) is 23.8 Å². The van der Waals surface area contributed by atoms with Gasteiger partial charge >= 0.3 is 5.97 Å². The highest BCUT2D eigenvalue weighted by molar-refractivity contribution is 5.66. The van der Waals surface area contributed by atoms with Crippen LogP contribution in [0.5, 0.6) is 11.5 Å². The van der Waals surface area contributed by atoms with Crippen LogP contribution in [0.15, 0.2) is 18.2 Å². The Labute approximate surface area is 169 Å². The fourth-order valence-corrected chi connectivity index (χ4v) is 4.41. The SMILES string of the molecule is CCCCCCCOc1ccc2c(c1)OCC21CCN(CCCC(=O)O)CC1. The number of carboxylic acids is 1. The first-order chi connectivity index (χ1) is 13.6. The molecule has 5 heteroatoms. The van der Waals surface area contributed by atoms with Crippen molar-refractivity contribution in [3.63, 3.8) is 0 Å². The lowest BCUT2D eigenvalue weighted by Crippen LogP contribution is -2.43. The molecule has 0 amide bonds. The minimum Gasteiger partial charge on any atom is -0.493 e. The minimum atomic E-state index is -0.703. The number of unbranched alkanes of at least 4 members (excludes halogenated alkanes) is 4. The van der Waals surface area contributed by atoms with Gasteiger partial charge in [-0.1, -0.05) is 38.7 Å². The average Bonchev–Trinajstić information content (AvgIpc) is 3.04. The van der Waals surface area contributed by atoms with Crippen LogP contribution in [0.4, 0.5) is 0 Å². The molecule has 156 valence electrons. The summed E-state index contributed by atoms with van der Waals surface area (Å²) in [4.78, 5) is 13.1. The molecule has 0 aromatic heterocycles. The van der Waals surface area contributed by atoms with Crippen LogP contribution in [0.25, 0.3) is 0 Å². The van der Waals surface area contributed by atoms with E-state index in [1.165, 1.54) is 31.2 Å². The Balaban J connectivity index is 1.47. The van der Waals surface area contributed by atoms with Crippen molar-refractivity contribution in [2.75, 3.05) is 32.8 Å². The second-order valence-corrected chi connectivity index (χ2v) is 8.33. The summed E-state index contributed by atoms with van der Waals surface area (Å²) in [6, 6.07) is 6.37. The first kappa shape index (κ1) is 21.0. The van der Waals surface area contributed by atoms with E-state index in [0.717, 1.165) is 70.0 Å². The number of ether oxygens (including phenoxy) is 2. The van der Waals surface area contributed by atoms with E-state index >= 15 is 0 Å². The van der Waals surface area contributed by atoms with Gasteiger partial charge in [-0.05, 0) is 51.4 Å². The highest BCUT2D eigenvalue weighted by Gasteiger charge is 2.43. The number of rotatable bonds is 11. The topological polar surface area (TPSA) is 59.0 Å². The number of hydrogen-bond donors (Lipinski definition) is 1. The molecule has 1 N–H and O–H groups in total. The van der Waals surface area contributed by atoms with Crippen LogP contribution in [-0.2, 0) is 10.2 Å². The van der Waals surface area contributed by atoms with Crippen molar-refractivity contribution in [1.29, 1.82) is 0 Å². The third-order valence-electron chi connectivity index (χ3n) is 6.22. The van der Waals surface area contributed by atoms with Crippen molar-refractivity contribution in [2.45, 2.75) is 70.1 Å². The van der Waals surface area contributed by atoms with E-state index in [-0.39, 0.29) is 11.8 Å². The second kappa shape index (κ2) is 10.1. The highest BCUT2D eigenvalue weighted by Crippen LogP contribution is 2.46. The number of carbonyl (C=O) groups is 1. The molecule has 1 spiro atoms. The van der Waals surface area contributed by atoms with Crippen molar-refractivity contribution >= 4 is 5.97 Å². The van der Waals surface area contributed by atoms with Crippen molar-refractivity contribution in [2.24, 2.45) is 0 Å². The molecule has 2 aliphatic rings. The Bertz CT molecular complexity index is 637. The third-order valence-corrected chi connectivity index (χ3v) is 6.22. The molecule has 28 heavy (non-hydrogen) atoms. The molecular formula is C23H35NO4. The van der Waals surface area contributed by atoms with Gasteiger partial charge in [-0.15, -0.1) is 0 Å². The summed E-state index contributed by atoms with van der Waals surface area (Å²) < 4.78 is 12.0. The molecule has 2 heterocycles. The van der Waals surface area contributed by atoms with E-state index < -0.39 is 5.97 Å². The van der Waals surface area contributed by atoms with Gasteiger partial charge in [-0.3, -0.25) is 4.79 Å². The standard InChI is InChI=1S/C23H35NO4/c1-2-3-4-5-6-16-27-19-9-10-20-21(17-19)28-18-23(20)11-14-24(15-12-23)13-7-8-22(25)26/h9-10,17H,2-8,11-16,18H2,1H3,(H,25,26). The van der Waals surface area contributed by atoms with Crippen LogP contribution in [-0.4, -0.2) is 48.8 Å². The number of fused-ring (bicyclic) bond motifs is 2. The number of piperidine rings is 1. The monoisotopic (exact) mass is 389 g/mol. The van der Waals surface area contributed by atoms with Crippen LogP contribution in [0.2, 0.25) is 0 Å². The van der Waals surface area contributed by atoms with Crippen LogP contribution >= 0.6 is 0 Å². The van der Waals surface area contributed by atoms with Crippen LogP contribution < -0.4 is 9.47 Å². The maximum atomic E-state index is 10.7. The zero-order valence-electron chi connectivity index (χ0n) is 17.3. The molecule has 2 aliphatic heterocycles. The number of carboxylic acid groups (broad SMARTS) is 1. The summed E-state index contributed by atoms with van der Waals surface area (Å²) in [5.74, 6) is 1.20. The summed E-state index contributed by atoms with van der Waals surface area (Å²) in [7, 11) is 0. The quantitative estimate of drug-likeness (QED) is 0.559. The molecule has 1 aromatic carbocycles. The molecule has 0 saturated carbocycles. The van der Waals surface area contributed by atoms with Gasteiger partial charge in [0.25, 0.3) is 0 Å². The van der Waals surface area contributed by atoms with E-state index in [4.69, 9.17) is 14.6 Å². The zero-order valence-corrected chi connectivity index (χ0v) is 17.3. The summed E-state index contributed by atoms with van der Waals surface area (Å²) in [5.41, 5.74) is 1.45. The fourth-order valence-electron chi connectivity index (χ4n) is 4.41.